The number of hydrogen-bond acceptors (Lipinski definition) is 19. The highest BCUT2D eigenvalue weighted by Gasteiger charge is 2.43. The molecule has 33 nitrogen and oxygen atoms in total. The van der Waals surface area contributed by atoms with Crippen LogP contribution in [0.25, 0.3) is 0 Å². The van der Waals surface area contributed by atoms with Crippen LogP contribution in [0.15, 0.2) is 54.6 Å². The molecule has 12 amide bonds. The Kier molecular flexibility index (Phi) is 34.3. The molecule has 95 heavy (non-hydrogen) atoms. The number of benzene rings is 1. The molecule has 2 rings (SSSR count). The highest BCUT2D eigenvalue weighted by Crippen LogP contribution is 2.22. The third-order valence-electron chi connectivity index (χ3n) is 15.0. The van der Waals surface area contributed by atoms with Gasteiger partial charge in [0.25, 0.3) is 0 Å². The van der Waals surface area contributed by atoms with Crippen molar-refractivity contribution < 1.29 is 78.0 Å². The molecule has 1 aliphatic rings. The first-order valence-corrected chi connectivity index (χ1v) is 31.4. The standard InChI is InChI=1S/C62H101N17O16/c1-12-32(6)42-57(92)76-43(34(8)81)56(91)69-28-41(82)74-47(49(84)50(65)85)60(95)73-40(29-80)55(90)77-44(35-21-16-14-17-22-35)45(78-53(88)37(23-18-13-15-20-33(7)63)70-51(86)36(64)27-62(9,10)11)58(93)79-46(48(83)31(4)5)59(94)72-39(26-30(2)3)54(89)71-38(52(87)75-42)24-19-25-68-61(66)67/h13-18,20-22,30-32,34,36-40,42-49,63,80-81,83-84H,12,19,23-29,64H2,1-11H3,(H2,65,85)(H,69,91)(H,70,86)(H,71,89)(H,72,94)(H,73,95)(H,74,82)(H,75,87)(H,76,92)(H,77,90)(H,78,88)(H,79,93)(H4,66,67,68)/b18-13+,20-15-,63-33?/t32-,34-,36+,37-,38+,39-,40-,42-,43-,44+,45-,46-,47-,48+,49-/m0/s1. The molecule has 0 unspecified atom stereocenters. The Morgan fingerprint density at radius 3 is 1.80 bits per heavy atom. The maximum Gasteiger partial charge on any atom is 0.248 e. The van der Waals surface area contributed by atoms with E-state index < -0.39 is 198 Å². The minimum absolute atomic E-state index is 0.00256. The molecule has 33 heteroatoms. The van der Waals surface area contributed by atoms with Crippen LogP contribution < -0.4 is 81.0 Å². The normalized spacial score (nSPS) is 24.2. The molecule has 0 bridgehead atoms. The van der Waals surface area contributed by atoms with Gasteiger partial charge in [0.1, 0.15) is 54.4 Å². The third-order valence-corrected chi connectivity index (χ3v) is 15.0. The number of rotatable bonds is 24. The van der Waals surface area contributed by atoms with Crippen LogP contribution in [0.1, 0.15) is 126 Å². The minimum Gasteiger partial charge on any atom is -0.394 e. The lowest BCUT2D eigenvalue weighted by Gasteiger charge is -2.34. The maximum absolute atomic E-state index is 15.5. The first-order chi connectivity index (χ1) is 44.3. The summed E-state index contributed by atoms with van der Waals surface area (Å²) in [6.07, 6.45) is -0.502. The SMILES string of the molecule is CC[C@H](C)[C@@H]1NC(=O)[C@@H](CCCNC(=N)N)NC(=O)[C@H](CC(C)C)NC(=O)[C@H]([C@H](O)C(C)C)NC(=O)[C@@H](NC(=O)[C@H](C/C=C/C=C\C(C)=N)NC(=O)[C@H](N)CC(C)(C)C)[C@@H](c2ccccc2)NC(=O)[C@H](CO)NC(=O)[C@H]([C@H](O)C(N)=O)NC(=O)CNC(=O)[C@H]([C@H](C)O)NC1=O. The summed E-state index contributed by atoms with van der Waals surface area (Å²) in [4.78, 5) is 171. The Bertz CT molecular complexity index is 2900. The second-order valence-electron chi connectivity index (χ2n) is 25.4. The van der Waals surface area contributed by atoms with E-state index in [2.05, 4.69) is 58.5 Å². The summed E-state index contributed by atoms with van der Waals surface area (Å²) in [5.74, 6) is -16.9. The van der Waals surface area contributed by atoms with Gasteiger partial charge in [0, 0.05) is 12.3 Å². The first-order valence-electron chi connectivity index (χ1n) is 31.4. The van der Waals surface area contributed by atoms with Crippen molar-refractivity contribution >= 4 is 82.6 Å². The number of aliphatic hydroxyl groups is 4. The summed E-state index contributed by atoms with van der Waals surface area (Å²) in [5, 5.41) is 89.0. The largest absolute Gasteiger partial charge is 0.394 e. The molecule has 0 aliphatic carbocycles. The summed E-state index contributed by atoms with van der Waals surface area (Å²) in [5.41, 5.74) is 16.9. The summed E-state index contributed by atoms with van der Waals surface area (Å²) in [7, 11) is 0. The lowest BCUT2D eigenvalue weighted by Crippen LogP contribution is -2.65. The number of amides is 12. The fraction of sp³-hybridized carbons (Fsp3) is 0.613. The van der Waals surface area contributed by atoms with E-state index in [-0.39, 0.29) is 56.3 Å². The van der Waals surface area contributed by atoms with Gasteiger partial charge in [-0.15, -0.1) is 0 Å². The zero-order chi connectivity index (χ0) is 72.2. The average molecular weight is 1340 g/mol. The van der Waals surface area contributed by atoms with E-state index in [4.69, 9.17) is 28.0 Å². The highest BCUT2D eigenvalue weighted by atomic mass is 16.3. The van der Waals surface area contributed by atoms with Gasteiger partial charge < -0.3 is 107 Å². The lowest BCUT2D eigenvalue weighted by atomic mass is 9.88. The van der Waals surface area contributed by atoms with E-state index in [0.29, 0.717) is 0 Å². The van der Waals surface area contributed by atoms with Gasteiger partial charge in [0.2, 0.25) is 70.9 Å². The Balaban J connectivity index is 3.18. The molecule has 15 atom stereocenters. The average Bonchev–Trinajstić information content (AvgIpc) is 0.823. The van der Waals surface area contributed by atoms with Gasteiger partial charge >= 0.3 is 0 Å². The number of hydrogen-bond donors (Lipinski definition) is 21. The Hall–Kier alpha value is -8.92. The predicted molar refractivity (Wildman–Crippen MR) is 349 cm³/mol. The van der Waals surface area contributed by atoms with Crippen molar-refractivity contribution in [1.82, 2.24) is 63.8 Å². The van der Waals surface area contributed by atoms with Crippen molar-refractivity contribution in [1.29, 1.82) is 10.8 Å². The number of primary amides is 1. The van der Waals surface area contributed by atoms with Crippen LogP contribution in [0.5, 0.6) is 0 Å². The smallest absolute Gasteiger partial charge is 0.248 e. The van der Waals surface area contributed by atoms with Gasteiger partial charge in [-0.3, -0.25) is 62.9 Å². The summed E-state index contributed by atoms with van der Waals surface area (Å²) in [6.45, 7) is 15.3. The van der Waals surface area contributed by atoms with Gasteiger partial charge in [-0.1, -0.05) is 117 Å². The molecule has 0 aromatic heterocycles. The molecule has 1 heterocycles. The number of carbonyl (C=O) groups is 12. The van der Waals surface area contributed by atoms with Gasteiger partial charge in [-0.25, -0.2) is 0 Å². The third kappa shape index (κ3) is 28.3. The van der Waals surface area contributed by atoms with E-state index in [9.17, 15) is 68.4 Å². The molecule has 530 valence electrons. The summed E-state index contributed by atoms with van der Waals surface area (Å²) < 4.78 is 0. The molecule has 0 radical (unpaired) electrons. The molecule has 1 aromatic carbocycles. The molecular weight excluding hydrogens is 1240 g/mol. The Morgan fingerprint density at radius 2 is 1.25 bits per heavy atom. The van der Waals surface area contributed by atoms with Crippen molar-refractivity contribution in [2.75, 3.05) is 19.7 Å². The van der Waals surface area contributed by atoms with Crippen molar-refractivity contribution in [3.05, 3.63) is 60.2 Å². The van der Waals surface area contributed by atoms with Gasteiger partial charge in [-0.2, -0.15) is 0 Å². The van der Waals surface area contributed by atoms with Crippen molar-refractivity contribution in [3.8, 4) is 0 Å². The second kappa shape index (κ2) is 39.7. The monoisotopic (exact) mass is 1340 g/mol. The van der Waals surface area contributed by atoms with E-state index in [1.165, 1.54) is 75.4 Å². The molecule has 1 saturated heterocycles. The summed E-state index contributed by atoms with van der Waals surface area (Å²) >= 11 is 0. The molecule has 0 saturated carbocycles. The fourth-order valence-electron chi connectivity index (χ4n) is 9.57. The number of nitrogens with one attached hydrogen (secondary N) is 14. The Labute approximate surface area is 553 Å². The van der Waals surface area contributed by atoms with Crippen LogP contribution in [0.3, 0.4) is 0 Å². The first kappa shape index (κ1) is 82.2. The number of carbonyl (C=O) groups excluding carboxylic acids is 12. The topological polar surface area (TPSA) is 556 Å². The Morgan fingerprint density at radius 1 is 0.695 bits per heavy atom. The van der Waals surface area contributed by atoms with E-state index in [0.717, 1.165) is 6.92 Å². The molecule has 0 spiro atoms. The van der Waals surface area contributed by atoms with Crippen LogP contribution in [-0.4, -0.2) is 201 Å². The number of allylic oxidation sites excluding steroid dienone is 3. The van der Waals surface area contributed by atoms with Gasteiger partial charge in [0.05, 0.1) is 37.4 Å². The van der Waals surface area contributed by atoms with E-state index >= 15 is 9.59 Å². The van der Waals surface area contributed by atoms with Gasteiger partial charge in [-0.05, 0) is 80.8 Å². The zero-order valence-corrected chi connectivity index (χ0v) is 55.8. The zero-order valence-electron chi connectivity index (χ0n) is 55.8. The minimum atomic E-state index is -2.57. The quantitative estimate of drug-likeness (QED) is 0.0200. The van der Waals surface area contributed by atoms with Crippen LogP contribution in [0.2, 0.25) is 0 Å². The molecule has 24 N–H and O–H groups in total. The molecular formula is C62H101N17O16. The fourth-order valence-corrected chi connectivity index (χ4v) is 9.57. The van der Waals surface area contributed by atoms with Crippen molar-refractivity contribution in [2.45, 2.75) is 199 Å². The van der Waals surface area contributed by atoms with Crippen LogP contribution in [-0.2, 0) is 57.5 Å². The number of nitrogens with two attached hydrogens (primary N) is 3. The highest BCUT2D eigenvalue weighted by molar-refractivity contribution is 6.01. The number of aliphatic hydroxyl groups excluding tert-OH is 4. The molecule has 1 aromatic rings. The maximum atomic E-state index is 15.5. The van der Waals surface area contributed by atoms with Crippen LogP contribution in [0.4, 0.5) is 0 Å². The van der Waals surface area contributed by atoms with Crippen molar-refractivity contribution in [2.24, 2.45) is 40.4 Å². The van der Waals surface area contributed by atoms with Crippen molar-refractivity contribution in [3.63, 3.8) is 0 Å². The van der Waals surface area contributed by atoms with Crippen LogP contribution in [0, 0.1) is 34.0 Å². The van der Waals surface area contributed by atoms with Gasteiger partial charge in [0.15, 0.2) is 12.1 Å². The van der Waals surface area contributed by atoms with E-state index in [1.807, 2.05) is 26.1 Å². The second-order valence-corrected chi connectivity index (χ2v) is 25.4. The lowest BCUT2D eigenvalue weighted by molar-refractivity contribution is -0.140. The summed E-state index contributed by atoms with van der Waals surface area (Å²) in [6, 6.07) is -12.6. The van der Waals surface area contributed by atoms with E-state index in [1.54, 1.807) is 27.7 Å². The number of guanidine groups is 1. The predicted octanol–water partition coefficient (Wildman–Crippen LogP) is -4.77. The molecule has 1 aliphatic heterocycles. The van der Waals surface area contributed by atoms with Crippen LogP contribution >= 0.6 is 0 Å². The molecule has 1 fully saturated rings.